The number of rotatable bonds is 4. The highest BCUT2D eigenvalue weighted by atomic mass is 16.5. The lowest BCUT2D eigenvalue weighted by Gasteiger charge is -2.22. The summed E-state index contributed by atoms with van der Waals surface area (Å²) in [6.07, 6.45) is 5.26. The van der Waals surface area contributed by atoms with Crippen LogP contribution < -0.4 is 0 Å². The Balaban J connectivity index is 1.47. The number of hydrogen-bond acceptors (Lipinski definition) is 4. The van der Waals surface area contributed by atoms with Crippen LogP contribution in [0.15, 0.2) is 0 Å². The molecule has 5 heteroatoms. The number of likely N-dealkylation sites (tertiary alicyclic amines) is 1. The average molecular weight is 296 g/mol. The quantitative estimate of drug-likeness (QED) is 0.780. The lowest BCUT2D eigenvalue weighted by Crippen LogP contribution is -2.36. The molecule has 0 aromatic rings. The van der Waals surface area contributed by atoms with Crippen molar-refractivity contribution in [3.63, 3.8) is 0 Å². The molecular formula is C16H28N2O3. The number of likely N-dealkylation sites (N-methyl/N-ethyl adjacent to an activating group) is 1. The zero-order valence-corrected chi connectivity index (χ0v) is 13.1. The summed E-state index contributed by atoms with van der Waals surface area (Å²) in [4.78, 5) is 16.7. The Morgan fingerprint density at radius 2 is 2.05 bits per heavy atom. The van der Waals surface area contributed by atoms with Gasteiger partial charge in [-0.05, 0) is 19.4 Å². The Morgan fingerprint density at radius 3 is 2.81 bits per heavy atom. The standard InChI is InChI=1S/C16H28N2O3/c1-2-17-7-8-20-15-11-18(10-13(15)9-17)16(19)12-21-14-5-3-4-6-14/h13-15H,2-12H2,1H3/t13-,15+/m0/s1. The van der Waals surface area contributed by atoms with E-state index in [1.165, 1.54) is 12.8 Å². The summed E-state index contributed by atoms with van der Waals surface area (Å²) in [6.45, 7) is 7.93. The molecule has 0 unspecified atom stereocenters. The van der Waals surface area contributed by atoms with Crippen molar-refractivity contribution in [2.24, 2.45) is 5.92 Å². The van der Waals surface area contributed by atoms with Gasteiger partial charge in [-0.3, -0.25) is 4.79 Å². The van der Waals surface area contributed by atoms with E-state index in [2.05, 4.69) is 11.8 Å². The molecule has 0 radical (unpaired) electrons. The fourth-order valence-corrected chi connectivity index (χ4v) is 3.79. The van der Waals surface area contributed by atoms with Gasteiger partial charge in [0.25, 0.3) is 0 Å². The van der Waals surface area contributed by atoms with Gasteiger partial charge in [-0.25, -0.2) is 0 Å². The smallest absolute Gasteiger partial charge is 0.248 e. The van der Waals surface area contributed by atoms with E-state index in [0.29, 0.717) is 12.0 Å². The molecule has 0 bridgehead atoms. The lowest BCUT2D eigenvalue weighted by atomic mass is 10.1. The first kappa shape index (κ1) is 15.3. The summed E-state index contributed by atoms with van der Waals surface area (Å²) in [7, 11) is 0. The van der Waals surface area contributed by atoms with Gasteiger partial charge in [-0.15, -0.1) is 0 Å². The van der Waals surface area contributed by atoms with Gasteiger partial charge in [0.2, 0.25) is 5.91 Å². The van der Waals surface area contributed by atoms with Gasteiger partial charge < -0.3 is 19.3 Å². The summed E-state index contributed by atoms with van der Waals surface area (Å²) >= 11 is 0. The summed E-state index contributed by atoms with van der Waals surface area (Å²) in [5, 5.41) is 0. The molecular weight excluding hydrogens is 268 g/mol. The number of fused-ring (bicyclic) bond motifs is 1. The van der Waals surface area contributed by atoms with Crippen LogP contribution in [-0.2, 0) is 14.3 Å². The van der Waals surface area contributed by atoms with Crippen LogP contribution >= 0.6 is 0 Å². The van der Waals surface area contributed by atoms with E-state index in [0.717, 1.165) is 52.2 Å². The first-order chi connectivity index (χ1) is 10.3. The third-order valence-electron chi connectivity index (χ3n) is 5.16. The highest BCUT2D eigenvalue weighted by Crippen LogP contribution is 2.24. The number of hydrogen-bond donors (Lipinski definition) is 0. The number of amides is 1. The molecule has 0 spiro atoms. The molecule has 1 amide bonds. The molecule has 2 saturated heterocycles. The van der Waals surface area contributed by atoms with Crippen LogP contribution in [0.5, 0.6) is 0 Å². The normalized spacial score (nSPS) is 31.4. The molecule has 120 valence electrons. The first-order valence-electron chi connectivity index (χ1n) is 8.49. The Labute approximate surface area is 127 Å². The van der Waals surface area contributed by atoms with Crippen LogP contribution in [0.2, 0.25) is 0 Å². The van der Waals surface area contributed by atoms with Crippen molar-refractivity contribution in [1.29, 1.82) is 0 Å². The van der Waals surface area contributed by atoms with Gasteiger partial charge in [-0.2, -0.15) is 0 Å². The third kappa shape index (κ3) is 3.76. The van der Waals surface area contributed by atoms with Gasteiger partial charge in [0.05, 0.1) is 18.8 Å². The van der Waals surface area contributed by atoms with E-state index in [1.807, 2.05) is 4.90 Å². The summed E-state index contributed by atoms with van der Waals surface area (Å²) in [5.41, 5.74) is 0. The van der Waals surface area contributed by atoms with E-state index < -0.39 is 0 Å². The van der Waals surface area contributed by atoms with Crippen molar-refractivity contribution < 1.29 is 14.3 Å². The van der Waals surface area contributed by atoms with Crippen molar-refractivity contribution in [2.45, 2.75) is 44.8 Å². The Hall–Kier alpha value is -0.650. The van der Waals surface area contributed by atoms with Crippen LogP contribution in [0.25, 0.3) is 0 Å². The predicted molar refractivity (Wildman–Crippen MR) is 80.1 cm³/mol. The monoisotopic (exact) mass is 296 g/mol. The molecule has 3 aliphatic rings. The van der Waals surface area contributed by atoms with Crippen molar-refractivity contribution in [2.75, 3.05) is 45.9 Å². The predicted octanol–water partition coefficient (Wildman–Crippen LogP) is 1.12. The average Bonchev–Trinajstić information content (AvgIpc) is 3.10. The fraction of sp³-hybridized carbons (Fsp3) is 0.938. The van der Waals surface area contributed by atoms with E-state index in [9.17, 15) is 4.79 Å². The second-order valence-corrected chi connectivity index (χ2v) is 6.58. The molecule has 2 aliphatic heterocycles. The SMILES string of the molecule is CCN1CCO[C@@H]2CN(C(=O)COC3CCCC3)C[C@@H]2C1. The van der Waals surface area contributed by atoms with Crippen LogP contribution in [0.1, 0.15) is 32.6 Å². The molecule has 2 atom stereocenters. The fourth-order valence-electron chi connectivity index (χ4n) is 3.79. The molecule has 0 N–H and O–H groups in total. The van der Waals surface area contributed by atoms with Gasteiger partial charge in [-0.1, -0.05) is 19.8 Å². The van der Waals surface area contributed by atoms with Gasteiger partial charge in [0.1, 0.15) is 6.61 Å². The first-order valence-corrected chi connectivity index (χ1v) is 8.49. The molecule has 0 aromatic carbocycles. The van der Waals surface area contributed by atoms with E-state index >= 15 is 0 Å². The van der Waals surface area contributed by atoms with Crippen molar-refractivity contribution in [3.05, 3.63) is 0 Å². The minimum absolute atomic E-state index is 0.140. The van der Waals surface area contributed by atoms with E-state index in [1.54, 1.807) is 0 Å². The molecule has 2 heterocycles. The van der Waals surface area contributed by atoms with Crippen molar-refractivity contribution >= 4 is 5.91 Å². The van der Waals surface area contributed by atoms with Crippen LogP contribution in [0, 0.1) is 5.92 Å². The van der Waals surface area contributed by atoms with Crippen LogP contribution in [0.4, 0.5) is 0 Å². The third-order valence-corrected chi connectivity index (χ3v) is 5.16. The maximum absolute atomic E-state index is 12.3. The number of carbonyl (C=O) groups is 1. The Morgan fingerprint density at radius 1 is 1.24 bits per heavy atom. The van der Waals surface area contributed by atoms with Crippen LogP contribution in [0.3, 0.4) is 0 Å². The molecule has 1 aliphatic carbocycles. The van der Waals surface area contributed by atoms with E-state index in [4.69, 9.17) is 9.47 Å². The van der Waals surface area contributed by atoms with E-state index in [-0.39, 0.29) is 18.6 Å². The van der Waals surface area contributed by atoms with Gasteiger partial charge in [0.15, 0.2) is 0 Å². The highest BCUT2D eigenvalue weighted by Gasteiger charge is 2.38. The summed E-state index contributed by atoms with van der Waals surface area (Å²) < 4.78 is 11.7. The Bertz CT molecular complexity index is 357. The van der Waals surface area contributed by atoms with Gasteiger partial charge >= 0.3 is 0 Å². The maximum atomic E-state index is 12.3. The molecule has 3 fully saturated rings. The molecule has 1 saturated carbocycles. The summed E-state index contributed by atoms with van der Waals surface area (Å²) in [5.74, 6) is 0.601. The molecule has 3 rings (SSSR count). The summed E-state index contributed by atoms with van der Waals surface area (Å²) in [6, 6.07) is 0. The van der Waals surface area contributed by atoms with Crippen molar-refractivity contribution in [1.82, 2.24) is 9.80 Å². The van der Waals surface area contributed by atoms with Crippen LogP contribution in [-0.4, -0.2) is 73.9 Å². The second-order valence-electron chi connectivity index (χ2n) is 6.58. The second kappa shape index (κ2) is 7.07. The van der Waals surface area contributed by atoms with Gasteiger partial charge in [0, 0.05) is 32.1 Å². The Kier molecular flexibility index (Phi) is 5.14. The zero-order valence-electron chi connectivity index (χ0n) is 13.1. The minimum Gasteiger partial charge on any atom is -0.375 e. The number of nitrogens with zero attached hydrogens (tertiary/aromatic N) is 2. The molecule has 5 nitrogen and oxygen atoms in total. The zero-order chi connectivity index (χ0) is 14.7. The maximum Gasteiger partial charge on any atom is 0.248 e. The molecule has 21 heavy (non-hydrogen) atoms. The minimum atomic E-state index is 0.140. The lowest BCUT2D eigenvalue weighted by molar-refractivity contribution is -0.137. The van der Waals surface area contributed by atoms with Crippen molar-refractivity contribution in [3.8, 4) is 0 Å². The highest BCUT2D eigenvalue weighted by molar-refractivity contribution is 5.77. The topological polar surface area (TPSA) is 42.0 Å². The number of ether oxygens (including phenoxy) is 2. The molecule has 0 aromatic heterocycles. The number of carbonyl (C=O) groups excluding carboxylic acids is 1. The largest absolute Gasteiger partial charge is 0.375 e.